The number of anilines is 1. The first kappa shape index (κ1) is 18.8. The van der Waals surface area contributed by atoms with Crippen LogP contribution in [0.25, 0.3) is 0 Å². The van der Waals surface area contributed by atoms with Gasteiger partial charge in [0.05, 0.1) is 11.7 Å². The van der Waals surface area contributed by atoms with Crippen LogP contribution in [0, 0.1) is 11.3 Å². The standard InChI is InChI=1S/C20H23IN4O/c21-19(23)15-12-14(9-10-16(15)22)20(26)25-18(13-6-2-1-3-7-13)17-8-4-5-11-24-17/h4-5,8-13,18,23H,1-3,6-7,22H2,(H,25,26). The summed E-state index contributed by atoms with van der Waals surface area (Å²) in [5.41, 5.74) is 8.44. The number of hydrogen-bond acceptors (Lipinski definition) is 4. The molecule has 1 atom stereocenters. The predicted octanol–water partition coefficient (Wildman–Crippen LogP) is 4.48. The lowest BCUT2D eigenvalue weighted by Gasteiger charge is -2.30. The van der Waals surface area contributed by atoms with Crippen LogP contribution in [0.1, 0.15) is 59.8 Å². The lowest BCUT2D eigenvalue weighted by atomic mass is 9.82. The third-order valence-electron chi connectivity index (χ3n) is 4.97. The van der Waals surface area contributed by atoms with Crippen molar-refractivity contribution in [2.45, 2.75) is 38.1 Å². The van der Waals surface area contributed by atoms with Gasteiger partial charge < -0.3 is 11.1 Å². The van der Waals surface area contributed by atoms with Gasteiger partial charge in [-0.25, -0.2) is 0 Å². The molecule has 1 unspecified atom stereocenters. The number of nitrogens with one attached hydrogen (secondary N) is 2. The molecule has 1 aliphatic carbocycles. The number of carbonyl (C=O) groups is 1. The van der Waals surface area contributed by atoms with Gasteiger partial charge in [-0.3, -0.25) is 15.2 Å². The first-order valence-electron chi connectivity index (χ1n) is 8.92. The average molecular weight is 462 g/mol. The van der Waals surface area contributed by atoms with Crippen molar-refractivity contribution in [2.24, 2.45) is 5.92 Å². The van der Waals surface area contributed by atoms with Crippen LogP contribution in [0.3, 0.4) is 0 Å². The first-order chi connectivity index (χ1) is 12.6. The van der Waals surface area contributed by atoms with Crippen LogP contribution in [0.15, 0.2) is 42.6 Å². The molecule has 3 rings (SSSR count). The molecule has 0 aliphatic heterocycles. The van der Waals surface area contributed by atoms with Gasteiger partial charge in [0, 0.05) is 23.0 Å². The van der Waals surface area contributed by atoms with Crippen molar-refractivity contribution in [1.29, 1.82) is 5.41 Å². The van der Waals surface area contributed by atoms with Crippen molar-refractivity contribution in [2.75, 3.05) is 5.73 Å². The van der Waals surface area contributed by atoms with Crippen LogP contribution >= 0.6 is 22.6 Å². The van der Waals surface area contributed by atoms with Crippen molar-refractivity contribution in [3.63, 3.8) is 0 Å². The number of benzene rings is 1. The van der Waals surface area contributed by atoms with Crippen LogP contribution in [0.2, 0.25) is 0 Å². The lowest BCUT2D eigenvalue weighted by molar-refractivity contribution is 0.0911. The number of hydrogen-bond donors (Lipinski definition) is 3. The molecular weight excluding hydrogens is 439 g/mol. The van der Waals surface area contributed by atoms with Crippen molar-refractivity contribution < 1.29 is 4.79 Å². The van der Waals surface area contributed by atoms with E-state index in [0.29, 0.717) is 26.5 Å². The molecule has 1 heterocycles. The lowest BCUT2D eigenvalue weighted by Crippen LogP contribution is -2.35. The van der Waals surface area contributed by atoms with E-state index < -0.39 is 0 Å². The molecule has 1 fully saturated rings. The van der Waals surface area contributed by atoms with Gasteiger partial charge in [0.2, 0.25) is 0 Å². The number of amides is 1. The third-order valence-corrected chi connectivity index (χ3v) is 5.55. The number of carbonyl (C=O) groups excluding carboxylic acids is 1. The summed E-state index contributed by atoms with van der Waals surface area (Å²) < 4.78 is 0.323. The number of nitrogen functional groups attached to an aromatic ring is 1. The maximum atomic E-state index is 12.9. The van der Waals surface area contributed by atoms with Gasteiger partial charge in [0.25, 0.3) is 5.91 Å². The van der Waals surface area contributed by atoms with Gasteiger partial charge in [0.15, 0.2) is 0 Å². The normalized spacial score (nSPS) is 16.0. The van der Waals surface area contributed by atoms with E-state index in [1.54, 1.807) is 24.4 Å². The Bertz CT molecular complexity index is 788. The Morgan fingerprint density at radius 2 is 2.00 bits per heavy atom. The molecule has 1 aromatic heterocycles. The van der Waals surface area contributed by atoms with Gasteiger partial charge in [-0.1, -0.05) is 25.3 Å². The SMILES string of the molecule is N=C(I)c1cc(C(=O)NC(c2ccccn2)C2CCCCC2)ccc1N. The van der Waals surface area contributed by atoms with E-state index >= 15 is 0 Å². The monoisotopic (exact) mass is 462 g/mol. The maximum absolute atomic E-state index is 12.9. The van der Waals surface area contributed by atoms with Crippen LogP contribution < -0.4 is 11.1 Å². The van der Waals surface area contributed by atoms with E-state index in [2.05, 4.69) is 10.3 Å². The van der Waals surface area contributed by atoms with E-state index in [0.717, 1.165) is 18.5 Å². The van der Waals surface area contributed by atoms with Gasteiger partial charge in [0.1, 0.15) is 3.72 Å². The van der Waals surface area contributed by atoms with Crippen LogP contribution in [-0.4, -0.2) is 14.6 Å². The molecule has 1 amide bonds. The highest BCUT2D eigenvalue weighted by Crippen LogP contribution is 2.34. The highest BCUT2D eigenvalue weighted by molar-refractivity contribution is 14.1. The van der Waals surface area contributed by atoms with E-state index in [9.17, 15) is 4.79 Å². The molecule has 4 N–H and O–H groups in total. The van der Waals surface area contributed by atoms with Gasteiger partial charge in [-0.05, 0) is 71.7 Å². The molecule has 26 heavy (non-hydrogen) atoms. The minimum absolute atomic E-state index is 0.0935. The number of nitrogens with two attached hydrogens (primary N) is 1. The van der Waals surface area contributed by atoms with Crippen molar-refractivity contribution in [3.05, 3.63) is 59.4 Å². The Morgan fingerprint density at radius 1 is 1.23 bits per heavy atom. The molecule has 1 aromatic carbocycles. The molecule has 0 bridgehead atoms. The highest BCUT2D eigenvalue weighted by Gasteiger charge is 2.28. The van der Waals surface area contributed by atoms with Crippen LogP contribution in [-0.2, 0) is 0 Å². The first-order valence-corrected chi connectivity index (χ1v) is 10.00. The van der Waals surface area contributed by atoms with E-state index in [1.165, 1.54) is 19.3 Å². The minimum Gasteiger partial charge on any atom is -0.398 e. The molecule has 0 spiro atoms. The van der Waals surface area contributed by atoms with E-state index in [4.69, 9.17) is 11.1 Å². The van der Waals surface area contributed by atoms with E-state index in [1.807, 2.05) is 40.8 Å². The Hall–Kier alpha value is -1.96. The topological polar surface area (TPSA) is 91.9 Å². The molecule has 6 heteroatoms. The second-order valence-electron chi connectivity index (χ2n) is 6.72. The summed E-state index contributed by atoms with van der Waals surface area (Å²) in [5.74, 6) is 0.254. The summed E-state index contributed by atoms with van der Waals surface area (Å²) >= 11 is 1.91. The van der Waals surface area contributed by atoms with Crippen molar-refractivity contribution >= 4 is 37.9 Å². The molecule has 2 aromatic rings. The van der Waals surface area contributed by atoms with E-state index in [-0.39, 0.29) is 11.9 Å². The minimum atomic E-state index is -0.148. The summed E-state index contributed by atoms with van der Waals surface area (Å²) in [4.78, 5) is 17.4. The zero-order chi connectivity index (χ0) is 18.5. The zero-order valence-electron chi connectivity index (χ0n) is 14.5. The molecule has 5 nitrogen and oxygen atoms in total. The molecule has 136 valence electrons. The van der Waals surface area contributed by atoms with Crippen LogP contribution in [0.5, 0.6) is 0 Å². The average Bonchev–Trinajstić information content (AvgIpc) is 2.67. The molecule has 1 saturated carbocycles. The summed E-state index contributed by atoms with van der Waals surface area (Å²) in [5, 5.41) is 11.0. The predicted molar refractivity (Wildman–Crippen MR) is 113 cm³/mol. The maximum Gasteiger partial charge on any atom is 0.251 e. The summed E-state index contributed by atoms with van der Waals surface area (Å²) in [7, 11) is 0. The molecule has 0 saturated heterocycles. The van der Waals surface area contributed by atoms with Gasteiger partial charge in [-0.2, -0.15) is 0 Å². The number of aromatic nitrogens is 1. The number of nitrogens with zero attached hydrogens (tertiary/aromatic N) is 1. The number of halogens is 1. The Balaban J connectivity index is 1.85. The zero-order valence-corrected chi connectivity index (χ0v) is 16.7. The Morgan fingerprint density at radius 3 is 2.65 bits per heavy atom. The third kappa shape index (κ3) is 4.41. The number of pyridine rings is 1. The summed E-state index contributed by atoms with van der Waals surface area (Å²) in [6.45, 7) is 0. The van der Waals surface area contributed by atoms with Gasteiger partial charge >= 0.3 is 0 Å². The fourth-order valence-corrected chi connectivity index (χ4v) is 4.04. The van der Waals surface area contributed by atoms with Gasteiger partial charge in [-0.15, -0.1) is 0 Å². The Labute approximate surface area is 167 Å². The fourth-order valence-electron chi connectivity index (χ4n) is 3.57. The largest absolute Gasteiger partial charge is 0.398 e. The molecular formula is C20H23IN4O. The molecule has 0 radical (unpaired) electrons. The number of rotatable bonds is 5. The second kappa shape index (κ2) is 8.62. The quantitative estimate of drug-likeness (QED) is 0.348. The van der Waals surface area contributed by atoms with Crippen molar-refractivity contribution in [1.82, 2.24) is 10.3 Å². The smallest absolute Gasteiger partial charge is 0.251 e. The summed E-state index contributed by atoms with van der Waals surface area (Å²) in [6, 6.07) is 10.8. The summed E-state index contributed by atoms with van der Waals surface area (Å²) in [6.07, 6.45) is 7.64. The fraction of sp³-hybridized carbons (Fsp3) is 0.350. The second-order valence-corrected chi connectivity index (χ2v) is 7.80. The van der Waals surface area contributed by atoms with Crippen molar-refractivity contribution in [3.8, 4) is 0 Å². The van der Waals surface area contributed by atoms with Crippen LogP contribution in [0.4, 0.5) is 5.69 Å². The highest BCUT2D eigenvalue weighted by atomic mass is 127. The Kier molecular flexibility index (Phi) is 6.24. The molecule has 1 aliphatic rings.